The van der Waals surface area contributed by atoms with Gasteiger partial charge in [0.15, 0.2) is 11.6 Å². The van der Waals surface area contributed by atoms with Crippen molar-refractivity contribution in [1.29, 1.82) is 0 Å². The average molecular weight is 491 g/mol. The van der Waals surface area contributed by atoms with Gasteiger partial charge in [-0.05, 0) is 54.4 Å². The second-order valence-corrected chi connectivity index (χ2v) is 7.91. The summed E-state index contributed by atoms with van der Waals surface area (Å²) in [6.45, 7) is 6.10. The van der Waals surface area contributed by atoms with Crippen molar-refractivity contribution >= 4 is 0 Å². The third-order valence-corrected chi connectivity index (χ3v) is 5.51. The van der Waals surface area contributed by atoms with Gasteiger partial charge in [-0.3, -0.25) is 0 Å². The third kappa shape index (κ3) is 5.71. The Labute approximate surface area is 208 Å². The lowest BCUT2D eigenvalue weighted by atomic mass is 10.0. The van der Waals surface area contributed by atoms with Crippen LogP contribution in [0, 0.1) is 17.5 Å². The first-order valence-electron chi connectivity index (χ1n) is 11.5. The lowest BCUT2D eigenvalue weighted by Gasteiger charge is -2.12. The molecule has 0 spiro atoms. The van der Waals surface area contributed by atoms with E-state index in [1.807, 2.05) is 6.92 Å². The second kappa shape index (κ2) is 11.5. The zero-order valence-corrected chi connectivity index (χ0v) is 19.8. The third-order valence-electron chi connectivity index (χ3n) is 5.51. The van der Waals surface area contributed by atoms with Gasteiger partial charge in [-0.1, -0.05) is 49.1 Å². The molecule has 36 heavy (non-hydrogen) atoms. The summed E-state index contributed by atoms with van der Waals surface area (Å²) in [5.74, 6) is -0.796. The SMILES string of the molecule is C=CCOc1ccc(-c2ccc(OCc3ccc(-c4ccc(OCC)cc4)c(F)c3F)cc2)c(F)c1. The Hall–Kier alpha value is -4.19. The molecule has 0 bridgehead atoms. The van der Waals surface area contributed by atoms with E-state index in [4.69, 9.17) is 14.2 Å². The molecule has 0 aliphatic carbocycles. The monoisotopic (exact) mass is 490 g/mol. The first-order chi connectivity index (χ1) is 17.5. The van der Waals surface area contributed by atoms with E-state index in [1.54, 1.807) is 66.7 Å². The Morgan fingerprint density at radius 3 is 1.86 bits per heavy atom. The van der Waals surface area contributed by atoms with Crippen LogP contribution in [0.25, 0.3) is 22.3 Å². The highest BCUT2D eigenvalue weighted by atomic mass is 19.2. The van der Waals surface area contributed by atoms with E-state index < -0.39 is 17.5 Å². The van der Waals surface area contributed by atoms with Gasteiger partial charge < -0.3 is 14.2 Å². The summed E-state index contributed by atoms with van der Waals surface area (Å²) in [5.41, 5.74) is 1.85. The highest BCUT2D eigenvalue weighted by Gasteiger charge is 2.15. The maximum atomic E-state index is 14.8. The first kappa shape index (κ1) is 24.9. The van der Waals surface area contributed by atoms with Gasteiger partial charge in [-0.25, -0.2) is 13.2 Å². The molecule has 0 aliphatic heterocycles. The fourth-order valence-corrected chi connectivity index (χ4v) is 3.69. The van der Waals surface area contributed by atoms with Gasteiger partial charge in [0.2, 0.25) is 0 Å². The molecule has 0 atom stereocenters. The zero-order chi connectivity index (χ0) is 25.5. The first-order valence-corrected chi connectivity index (χ1v) is 11.5. The Bertz CT molecular complexity index is 1330. The van der Waals surface area contributed by atoms with Crippen LogP contribution in [-0.4, -0.2) is 13.2 Å². The molecule has 0 amide bonds. The predicted molar refractivity (Wildman–Crippen MR) is 135 cm³/mol. The molecule has 4 aromatic carbocycles. The number of ether oxygens (including phenoxy) is 3. The van der Waals surface area contributed by atoms with Crippen LogP contribution in [0.5, 0.6) is 17.2 Å². The van der Waals surface area contributed by atoms with Crippen LogP contribution < -0.4 is 14.2 Å². The van der Waals surface area contributed by atoms with E-state index >= 15 is 0 Å². The smallest absolute Gasteiger partial charge is 0.167 e. The van der Waals surface area contributed by atoms with Gasteiger partial charge in [0.1, 0.15) is 36.3 Å². The summed E-state index contributed by atoms with van der Waals surface area (Å²) in [6.07, 6.45) is 1.58. The van der Waals surface area contributed by atoms with Crippen LogP contribution >= 0.6 is 0 Å². The molecule has 0 aromatic heterocycles. The summed E-state index contributed by atoms with van der Waals surface area (Å²) >= 11 is 0. The molecule has 0 heterocycles. The topological polar surface area (TPSA) is 27.7 Å². The molecule has 0 fully saturated rings. The quantitative estimate of drug-likeness (QED) is 0.211. The minimum atomic E-state index is -0.959. The molecule has 0 saturated heterocycles. The minimum Gasteiger partial charge on any atom is -0.494 e. The summed E-state index contributed by atoms with van der Waals surface area (Å²) in [7, 11) is 0. The molecule has 0 N–H and O–H groups in total. The summed E-state index contributed by atoms with van der Waals surface area (Å²) < 4.78 is 60.4. The number of rotatable bonds is 10. The molecule has 0 saturated carbocycles. The zero-order valence-electron chi connectivity index (χ0n) is 19.8. The lowest BCUT2D eigenvalue weighted by Crippen LogP contribution is -2.02. The molecule has 0 radical (unpaired) electrons. The van der Waals surface area contributed by atoms with E-state index in [-0.39, 0.29) is 17.7 Å². The van der Waals surface area contributed by atoms with Gasteiger partial charge in [0.25, 0.3) is 0 Å². The Balaban J connectivity index is 1.43. The average Bonchev–Trinajstić information content (AvgIpc) is 2.90. The van der Waals surface area contributed by atoms with Crippen molar-refractivity contribution in [3.63, 3.8) is 0 Å². The number of hydrogen-bond acceptors (Lipinski definition) is 3. The molecule has 0 aliphatic rings. The van der Waals surface area contributed by atoms with Crippen molar-refractivity contribution in [1.82, 2.24) is 0 Å². The van der Waals surface area contributed by atoms with Crippen molar-refractivity contribution in [3.8, 4) is 39.5 Å². The Morgan fingerprint density at radius 1 is 0.667 bits per heavy atom. The minimum absolute atomic E-state index is 0.0902. The molecule has 3 nitrogen and oxygen atoms in total. The highest BCUT2D eigenvalue weighted by Crippen LogP contribution is 2.30. The van der Waals surface area contributed by atoms with Crippen LogP contribution in [0.15, 0.2) is 91.5 Å². The van der Waals surface area contributed by atoms with Crippen molar-refractivity contribution in [2.24, 2.45) is 0 Å². The summed E-state index contributed by atoms with van der Waals surface area (Å²) in [4.78, 5) is 0. The molecule has 4 rings (SSSR count). The van der Waals surface area contributed by atoms with Gasteiger partial charge >= 0.3 is 0 Å². The van der Waals surface area contributed by atoms with Crippen molar-refractivity contribution in [2.45, 2.75) is 13.5 Å². The molecule has 6 heteroatoms. The van der Waals surface area contributed by atoms with Crippen LogP contribution in [0.4, 0.5) is 13.2 Å². The van der Waals surface area contributed by atoms with Gasteiger partial charge in [-0.15, -0.1) is 0 Å². The van der Waals surface area contributed by atoms with Gasteiger partial charge in [0, 0.05) is 22.8 Å². The number of benzene rings is 4. The highest BCUT2D eigenvalue weighted by molar-refractivity contribution is 5.66. The van der Waals surface area contributed by atoms with E-state index in [1.165, 1.54) is 18.2 Å². The Morgan fingerprint density at radius 2 is 1.25 bits per heavy atom. The number of hydrogen-bond donors (Lipinski definition) is 0. The van der Waals surface area contributed by atoms with E-state index in [0.29, 0.717) is 47.2 Å². The molecule has 184 valence electrons. The largest absolute Gasteiger partial charge is 0.494 e. The summed E-state index contributed by atoms with van der Waals surface area (Å²) in [5, 5.41) is 0. The lowest BCUT2D eigenvalue weighted by molar-refractivity contribution is 0.297. The molecule has 4 aromatic rings. The van der Waals surface area contributed by atoms with Gasteiger partial charge in [-0.2, -0.15) is 0 Å². The maximum absolute atomic E-state index is 14.8. The number of halogens is 3. The van der Waals surface area contributed by atoms with Crippen LogP contribution in [0.1, 0.15) is 12.5 Å². The van der Waals surface area contributed by atoms with E-state index in [0.717, 1.165) is 0 Å². The van der Waals surface area contributed by atoms with Crippen LogP contribution in [-0.2, 0) is 6.61 Å². The maximum Gasteiger partial charge on any atom is 0.167 e. The van der Waals surface area contributed by atoms with Crippen molar-refractivity contribution < 1.29 is 27.4 Å². The second-order valence-electron chi connectivity index (χ2n) is 7.91. The van der Waals surface area contributed by atoms with Gasteiger partial charge in [0.05, 0.1) is 6.61 Å². The fourth-order valence-electron chi connectivity index (χ4n) is 3.69. The van der Waals surface area contributed by atoms with Crippen LogP contribution in [0.2, 0.25) is 0 Å². The molecule has 0 unspecified atom stereocenters. The molecular weight excluding hydrogens is 465 g/mol. The normalized spacial score (nSPS) is 10.7. The van der Waals surface area contributed by atoms with E-state index in [9.17, 15) is 13.2 Å². The Kier molecular flexibility index (Phi) is 7.95. The standard InChI is InChI=1S/C30H25F3O3/c1-3-17-35-25-14-16-26(28(31)18-25)20-5-12-24(13-6-20)36-19-22-9-15-27(30(33)29(22)32)21-7-10-23(11-8-21)34-4-2/h3,5-16,18H,1,4,17,19H2,2H3. The predicted octanol–water partition coefficient (Wildman–Crippen LogP) is 7.98. The summed E-state index contributed by atoms with van der Waals surface area (Å²) in [6, 6.07) is 21.2. The van der Waals surface area contributed by atoms with Crippen molar-refractivity contribution in [3.05, 3.63) is 115 Å². The van der Waals surface area contributed by atoms with E-state index in [2.05, 4.69) is 6.58 Å². The fraction of sp³-hybridized carbons (Fsp3) is 0.133. The van der Waals surface area contributed by atoms with Crippen LogP contribution in [0.3, 0.4) is 0 Å². The van der Waals surface area contributed by atoms with Crippen molar-refractivity contribution in [2.75, 3.05) is 13.2 Å². The molecular formula is C30H25F3O3.